The summed E-state index contributed by atoms with van der Waals surface area (Å²) in [6, 6.07) is 0. The van der Waals surface area contributed by atoms with E-state index in [1.54, 1.807) is 0 Å². The van der Waals surface area contributed by atoms with Crippen molar-refractivity contribution in [3.63, 3.8) is 0 Å². The van der Waals surface area contributed by atoms with Gasteiger partial charge in [-0.05, 0) is 0 Å². The Bertz CT molecular complexity index is 53.6. The maximum atomic E-state index is 8.24. The number of aliphatic hydroxyl groups is 4. The molecule has 0 aromatic heterocycles. The van der Waals surface area contributed by atoms with Gasteiger partial charge in [0.15, 0.2) is 0 Å². The lowest BCUT2D eigenvalue weighted by Gasteiger charge is -2.09. The van der Waals surface area contributed by atoms with E-state index in [4.69, 9.17) is 20.4 Å². The summed E-state index contributed by atoms with van der Waals surface area (Å²) < 4.78 is 3.91. The van der Waals surface area contributed by atoms with Crippen molar-refractivity contribution in [1.82, 2.24) is 0 Å². The van der Waals surface area contributed by atoms with Crippen LogP contribution in [-0.4, -0.2) is 39.8 Å². The molecule has 0 aromatic carbocycles. The van der Waals surface area contributed by atoms with Crippen molar-refractivity contribution in [2.75, 3.05) is 6.79 Å². The van der Waals surface area contributed by atoms with Gasteiger partial charge in [0.25, 0.3) is 0 Å². The number of hydrogen-bond acceptors (Lipinski definition) is 5. The van der Waals surface area contributed by atoms with Crippen LogP contribution in [0.15, 0.2) is 0 Å². The maximum Gasteiger partial charge on any atom is 0.208 e. The molecule has 1 atom stereocenters. The zero-order chi connectivity index (χ0) is 6.57. The van der Waals surface area contributed by atoms with Crippen molar-refractivity contribution in [2.24, 2.45) is 0 Å². The van der Waals surface area contributed by atoms with Crippen LogP contribution < -0.4 is 0 Å². The number of aliphatic hydroxyl groups excluding tert-OH is 3. The van der Waals surface area contributed by atoms with Crippen molar-refractivity contribution < 1.29 is 25.2 Å². The third kappa shape index (κ3) is 2.89. The first-order valence-electron chi connectivity index (χ1n) is 1.95. The largest absolute Gasteiger partial charge is 0.371 e. The first-order valence-corrected chi connectivity index (χ1v) is 1.95. The second kappa shape index (κ2) is 3.76. The fraction of sp³-hybridized carbons (Fsp3) is 1.00. The summed E-state index contributed by atoms with van der Waals surface area (Å²) >= 11 is 0. The van der Waals surface area contributed by atoms with Gasteiger partial charge >= 0.3 is 0 Å². The van der Waals surface area contributed by atoms with Crippen LogP contribution in [0.2, 0.25) is 0 Å². The quantitative estimate of drug-likeness (QED) is 0.314. The summed E-state index contributed by atoms with van der Waals surface area (Å²) in [6.45, 7) is -0.737. The normalized spacial score (nSPS) is 14.6. The topological polar surface area (TPSA) is 90.2 Å². The minimum absolute atomic E-state index is 0.737. The molecule has 50 valence electrons. The van der Waals surface area contributed by atoms with E-state index in [1.807, 2.05) is 0 Å². The average molecular weight is 124 g/mol. The maximum absolute atomic E-state index is 8.24. The van der Waals surface area contributed by atoms with Crippen LogP contribution in [0.5, 0.6) is 0 Å². The Morgan fingerprint density at radius 2 is 1.75 bits per heavy atom. The lowest BCUT2D eigenvalue weighted by molar-refractivity contribution is -0.252. The molecule has 0 fully saturated rings. The summed E-state index contributed by atoms with van der Waals surface area (Å²) in [5, 5.41) is 32.2. The molecule has 8 heavy (non-hydrogen) atoms. The van der Waals surface area contributed by atoms with Gasteiger partial charge in [-0.15, -0.1) is 0 Å². The monoisotopic (exact) mass is 124 g/mol. The summed E-state index contributed by atoms with van der Waals surface area (Å²) in [4.78, 5) is 0. The van der Waals surface area contributed by atoms with Gasteiger partial charge in [0.05, 0.1) is 0 Å². The van der Waals surface area contributed by atoms with Crippen LogP contribution in [0.3, 0.4) is 0 Å². The highest BCUT2D eigenvalue weighted by atomic mass is 16.7. The third-order valence-corrected chi connectivity index (χ3v) is 0.500. The van der Waals surface area contributed by atoms with E-state index < -0.39 is 19.4 Å². The Hall–Kier alpha value is -0.200. The molecule has 0 saturated heterocycles. The van der Waals surface area contributed by atoms with Gasteiger partial charge in [0.1, 0.15) is 6.79 Å². The Kier molecular flexibility index (Phi) is 3.67. The number of rotatable bonds is 3. The summed E-state index contributed by atoms with van der Waals surface area (Å²) in [5.74, 6) is 0. The van der Waals surface area contributed by atoms with Gasteiger partial charge in [-0.3, -0.25) is 0 Å². The molecule has 0 spiro atoms. The molecule has 1 unspecified atom stereocenters. The van der Waals surface area contributed by atoms with Crippen LogP contribution in [0.4, 0.5) is 0 Å². The highest BCUT2D eigenvalue weighted by molar-refractivity contribution is 4.36. The van der Waals surface area contributed by atoms with E-state index in [9.17, 15) is 0 Å². The second-order valence-electron chi connectivity index (χ2n) is 1.10. The second-order valence-corrected chi connectivity index (χ2v) is 1.10. The Morgan fingerprint density at radius 3 is 1.88 bits per heavy atom. The van der Waals surface area contributed by atoms with E-state index in [-0.39, 0.29) is 0 Å². The molecule has 4 N–H and O–H groups in total. The molecule has 0 aromatic rings. The van der Waals surface area contributed by atoms with Gasteiger partial charge < -0.3 is 25.2 Å². The lowest BCUT2D eigenvalue weighted by Crippen LogP contribution is -2.28. The highest BCUT2D eigenvalue weighted by Crippen LogP contribution is 1.88. The van der Waals surface area contributed by atoms with Crippen LogP contribution in [-0.2, 0) is 4.74 Å². The molecule has 0 rings (SSSR count). The van der Waals surface area contributed by atoms with Crippen LogP contribution in [0.1, 0.15) is 0 Å². The Balaban J connectivity index is 3.17. The zero-order valence-electron chi connectivity index (χ0n) is 4.06. The van der Waals surface area contributed by atoms with Gasteiger partial charge in [0.2, 0.25) is 12.6 Å². The van der Waals surface area contributed by atoms with Gasteiger partial charge in [-0.1, -0.05) is 0 Å². The zero-order valence-corrected chi connectivity index (χ0v) is 4.06. The number of hydrogen-bond donors (Lipinski definition) is 4. The molecule has 0 radical (unpaired) electrons. The summed E-state index contributed by atoms with van der Waals surface area (Å²) in [7, 11) is 0. The first-order chi connectivity index (χ1) is 3.68. The minimum Gasteiger partial charge on any atom is -0.371 e. The van der Waals surface area contributed by atoms with Crippen molar-refractivity contribution in [3.8, 4) is 0 Å². The van der Waals surface area contributed by atoms with Crippen LogP contribution >= 0.6 is 0 Å². The van der Waals surface area contributed by atoms with E-state index in [0.29, 0.717) is 0 Å². The fourth-order valence-electron chi connectivity index (χ4n) is 0.162. The SMILES string of the molecule is OCOC(O)C(O)O. The predicted molar refractivity (Wildman–Crippen MR) is 22.4 cm³/mol. The molecule has 0 bridgehead atoms. The lowest BCUT2D eigenvalue weighted by atomic mass is 10.6. The third-order valence-electron chi connectivity index (χ3n) is 0.500. The van der Waals surface area contributed by atoms with Crippen LogP contribution in [0.25, 0.3) is 0 Å². The molecule has 0 aliphatic carbocycles. The number of ether oxygens (including phenoxy) is 1. The van der Waals surface area contributed by atoms with Gasteiger partial charge in [0, 0.05) is 0 Å². The smallest absolute Gasteiger partial charge is 0.208 e. The van der Waals surface area contributed by atoms with Crippen molar-refractivity contribution in [2.45, 2.75) is 12.6 Å². The van der Waals surface area contributed by atoms with Gasteiger partial charge in [-0.2, -0.15) is 0 Å². The average Bonchev–Trinajstić information content (AvgIpc) is 1.67. The van der Waals surface area contributed by atoms with E-state index in [0.717, 1.165) is 0 Å². The van der Waals surface area contributed by atoms with Crippen LogP contribution in [0, 0.1) is 0 Å². The molecule has 0 amide bonds. The molecule has 0 saturated carbocycles. The molecular weight excluding hydrogens is 116 g/mol. The van der Waals surface area contributed by atoms with E-state index >= 15 is 0 Å². The molecule has 0 heterocycles. The molecule has 0 aliphatic heterocycles. The standard InChI is InChI=1S/C3H8O5/c4-1-8-3(7)2(5)6/h2-7H,1H2. The first kappa shape index (κ1) is 7.80. The summed E-state index contributed by atoms with van der Waals surface area (Å²) in [5.41, 5.74) is 0. The molecular formula is C3H8O5. The highest BCUT2D eigenvalue weighted by Gasteiger charge is 2.10. The Morgan fingerprint density at radius 1 is 1.25 bits per heavy atom. The van der Waals surface area contributed by atoms with Gasteiger partial charge in [-0.25, -0.2) is 0 Å². The Labute approximate surface area is 45.8 Å². The molecule has 5 nitrogen and oxygen atoms in total. The predicted octanol–water partition coefficient (Wildman–Crippen LogP) is -2.42. The van der Waals surface area contributed by atoms with Crippen molar-refractivity contribution in [1.29, 1.82) is 0 Å². The van der Waals surface area contributed by atoms with Crippen molar-refractivity contribution >= 4 is 0 Å². The molecule has 0 aliphatic rings. The van der Waals surface area contributed by atoms with E-state index in [1.165, 1.54) is 0 Å². The fourth-order valence-corrected chi connectivity index (χ4v) is 0.162. The summed E-state index contributed by atoms with van der Waals surface area (Å²) in [6.07, 6.45) is -3.68. The van der Waals surface area contributed by atoms with Crippen molar-refractivity contribution in [3.05, 3.63) is 0 Å². The van der Waals surface area contributed by atoms with E-state index in [2.05, 4.69) is 4.74 Å². The molecule has 5 heteroatoms. The minimum atomic E-state index is -1.96.